The summed E-state index contributed by atoms with van der Waals surface area (Å²) in [4.78, 5) is 11.4. The molecule has 0 radical (unpaired) electrons. The quantitative estimate of drug-likeness (QED) is 0.808. The van der Waals surface area contributed by atoms with E-state index in [0.29, 0.717) is 12.5 Å². The van der Waals surface area contributed by atoms with Crippen molar-refractivity contribution in [3.8, 4) is 0 Å². The maximum absolute atomic E-state index is 11.4. The molecule has 0 heterocycles. The first kappa shape index (κ1) is 13.6. The number of hydrogen-bond donors (Lipinski definition) is 2. The zero-order valence-electron chi connectivity index (χ0n) is 10.9. The van der Waals surface area contributed by atoms with E-state index < -0.39 is 0 Å². The molecule has 17 heavy (non-hydrogen) atoms. The van der Waals surface area contributed by atoms with Gasteiger partial charge in [0, 0.05) is 13.1 Å². The number of carbonyl (C=O) groups excluding carboxylic acids is 1. The summed E-state index contributed by atoms with van der Waals surface area (Å²) in [5, 5.41) is 5.69. The third-order valence-corrected chi connectivity index (χ3v) is 2.58. The topological polar surface area (TPSA) is 41.1 Å². The molecule has 0 saturated heterocycles. The van der Waals surface area contributed by atoms with Crippen molar-refractivity contribution in [2.75, 3.05) is 6.54 Å². The number of urea groups is 1. The number of rotatable bonds is 5. The number of nitrogens with one attached hydrogen (secondary N) is 2. The zero-order valence-corrected chi connectivity index (χ0v) is 10.9. The standard InChI is InChI=1S/C14H22N2O/c1-11(2)8-9-15-14(17)16-10-13-6-4-12(3)5-7-13/h4-7,11H,8-10H2,1-3H3,(H2,15,16,17). The van der Waals surface area contributed by atoms with Crippen LogP contribution in [0.1, 0.15) is 31.4 Å². The Morgan fingerprint density at radius 2 is 1.82 bits per heavy atom. The molecule has 0 aliphatic heterocycles. The van der Waals surface area contributed by atoms with Crippen LogP contribution in [0.4, 0.5) is 4.79 Å². The lowest BCUT2D eigenvalue weighted by Crippen LogP contribution is -2.35. The lowest BCUT2D eigenvalue weighted by atomic mass is 10.1. The number of hydrogen-bond acceptors (Lipinski definition) is 1. The Bertz CT molecular complexity index is 344. The van der Waals surface area contributed by atoms with Gasteiger partial charge >= 0.3 is 6.03 Å². The van der Waals surface area contributed by atoms with Crippen LogP contribution in [0.2, 0.25) is 0 Å². The van der Waals surface area contributed by atoms with Gasteiger partial charge in [-0.05, 0) is 24.8 Å². The van der Waals surface area contributed by atoms with Gasteiger partial charge in [-0.1, -0.05) is 43.7 Å². The van der Waals surface area contributed by atoms with Gasteiger partial charge in [-0.3, -0.25) is 0 Å². The minimum absolute atomic E-state index is 0.0915. The van der Waals surface area contributed by atoms with Crippen LogP contribution in [0.5, 0.6) is 0 Å². The molecule has 0 fully saturated rings. The molecular weight excluding hydrogens is 212 g/mol. The number of carbonyl (C=O) groups is 1. The summed E-state index contributed by atoms with van der Waals surface area (Å²) >= 11 is 0. The molecule has 0 unspecified atom stereocenters. The average Bonchev–Trinajstić information content (AvgIpc) is 2.28. The molecule has 0 bridgehead atoms. The largest absolute Gasteiger partial charge is 0.338 e. The molecule has 0 aromatic heterocycles. The number of aryl methyl sites for hydroxylation is 1. The first-order valence-corrected chi connectivity index (χ1v) is 6.15. The zero-order chi connectivity index (χ0) is 12.7. The van der Waals surface area contributed by atoms with Crippen LogP contribution in [0, 0.1) is 12.8 Å². The molecule has 2 N–H and O–H groups in total. The van der Waals surface area contributed by atoms with Gasteiger partial charge in [-0.2, -0.15) is 0 Å². The summed E-state index contributed by atoms with van der Waals surface area (Å²) in [6.07, 6.45) is 1.01. The lowest BCUT2D eigenvalue weighted by molar-refractivity contribution is 0.240. The van der Waals surface area contributed by atoms with Crippen molar-refractivity contribution in [3.63, 3.8) is 0 Å². The first-order valence-electron chi connectivity index (χ1n) is 6.15. The van der Waals surface area contributed by atoms with Gasteiger partial charge in [0.05, 0.1) is 0 Å². The number of benzene rings is 1. The third-order valence-electron chi connectivity index (χ3n) is 2.58. The monoisotopic (exact) mass is 234 g/mol. The van der Waals surface area contributed by atoms with Crippen LogP contribution in [-0.4, -0.2) is 12.6 Å². The minimum atomic E-state index is -0.0915. The van der Waals surface area contributed by atoms with E-state index in [4.69, 9.17) is 0 Å². The van der Waals surface area contributed by atoms with Crippen LogP contribution in [0.25, 0.3) is 0 Å². The second-order valence-electron chi connectivity index (χ2n) is 4.78. The van der Waals surface area contributed by atoms with Gasteiger partial charge < -0.3 is 10.6 Å². The van der Waals surface area contributed by atoms with Crippen LogP contribution in [0.15, 0.2) is 24.3 Å². The predicted octanol–water partition coefficient (Wildman–Crippen LogP) is 2.84. The molecular formula is C14H22N2O. The maximum atomic E-state index is 11.4. The summed E-state index contributed by atoms with van der Waals surface area (Å²) < 4.78 is 0. The van der Waals surface area contributed by atoms with Crippen LogP contribution in [0.3, 0.4) is 0 Å². The lowest BCUT2D eigenvalue weighted by Gasteiger charge is -2.09. The van der Waals surface area contributed by atoms with E-state index in [1.165, 1.54) is 5.56 Å². The van der Waals surface area contributed by atoms with Crippen LogP contribution < -0.4 is 10.6 Å². The van der Waals surface area contributed by atoms with Crippen molar-refractivity contribution in [2.45, 2.75) is 33.7 Å². The predicted molar refractivity (Wildman–Crippen MR) is 70.9 cm³/mol. The average molecular weight is 234 g/mol. The number of amides is 2. The Hall–Kier alpha value is -1.51. The molecule has 1 aromatic rings. The second kappa shape index (κ2) is 6.94. The molecule has 0 aliphatic carbocycles. The van der Waals surface area contributed by atoms with Crippen molar-refractivity contribution in [1.29, 1.82) is 0 Å². The molecule has 0 saturated carbocycles. The fourth-order valence-electron chi connectivity index (χ4n) is 1.43. The Labute approximate surface area is 104 Å². The van der Waals surface area contributed by atoms with Crippen molar-refractivity contribution >= 4 is 6.03 Å². The highest BCUT2D eigenvalue weighted by Gasteiger charge is 2.00. The van der Waals surface area contributed by atoms with Crippen molar-refractivity contribution in [3.05, 3.63) is 35.4 Å². The fraction of sp³-hybridized carbons (Fsp3) is 0.500. The summed E-state index contributed by atoms with van der Waals surface area (Å²) in [5.74, 6) is 0.618. The molecule has 2 amide bonds. The van der Waals surface area contributed by atoms with Gasteiger partial charge in [0.15, 0.2) is 0 Å². The Morgan fingerprint density at radius 3 is 2.41 bits per heavy atom. The molecule has 3 nitrogen and oxygen atoms in total. The minimum Gasteiger partial charge on any atom is -0.338 e. The van der Waals surface area contributed by atoms with E-state index in [2.05, 4.69) is 31.4 Å². The molecule has 3 heteroatoms. The Balaban J connectivity index is 2.21. The highest BCUT2D eigenvalue weighted by molar-refractivity contribution is 5.73. The van der Waals surface area contributed by atoms with Gasteiger partial charge in [0.25, 0.3) is 0 Å². The maximum Gasteiger partial charge on any atom is 0.315 e. The smallest absolute Gasteiger partial charge is 0.315 e. The van der Waals surface area contributed by atoms with E-state index in [1.807, 2.05) is 24.3 Å². The van der Waals surface area contributed by atoms with Crippen molar-refractivity contribution in [2.24, 2.45) is 5.92 Å². The summed E-state index contributed by atoms with van der Waals surface area (Å²) in [6, 6.07) is 8.07. The second-order valence-corrected chi connectivity index (χ2v) is 4.78. The normalized spacial score (nSPS) is 10.4. The van der Waals surface area contributed by atoms with E-state index in [9.17, 15) is 4.79 Å². The van der Waals surface area contributed by atoms with Gasteiger partial charge in [-0.25, -0.2) is 4.79 Å². The van der Waals surface area contributed by atoms with Crippen LogP contribution >= 0.6 is 0 Å². The molecule has 1 aromatic carbocycles. The summed E-state index contributed by atoms with van der Waals surface area (Å²) in [6.45, 7) is 7.65. The highest BCUT2D eigenvalue weighted by atomic mass is 16.2. The third kappa shape index (κ3) is 5.95. The molecule has 0 aliphatic rings. The summed E-state index contributed by atoms with van der Waals surface area (Å²) in [7, 11) is 0. The van der Waals surface area contributed by atoms with E-state index in [0.717, 1.165) is 18.5 Å². The SMILES string of the molecule is Cc1ccc(CNC(=O)NCCC(C)C)cc1. The van der Waals surface area contributed by atoms with E-state index in [-0.39, 0.29) is 6.03 Å². The van der Waals surface area contributed by atoms with Gasteiger partial charge in [0.1, 0.15) is 0 Å². The molecule has 94 valence electrons. The molecule has 0 atom stereocenters. The van der Waals surface area contributed by atoms with Crippen LogP contribution in [-0.2, 0) is 6.54 Å². The van der Waals surface area contributed by atoms with E-state index >= 15 is 0 Å². The molecule has 0 spiro atoms. The first-order chi connectivity index (χ1) is 8.08. The Morgan fingerprint density at radius 1 is 1.18 bits per heavy atom. The van der Waals surface area contributed by atoms with Gasteiger partial charge in [-0.15, -0.1) is 0 Å². The van der Waals surface area contributed by atoms with Crippen molar-refractivity contribution < 1.29 is 4.79 Å². The Kier molecular flexibility index (Phi) is 5.53. The highest BCUT2D eigenvalue weighted by Crippen LogP contribution is 2.02. The fourth-order valence-corrected chi connectivity index (χ4v) is 1.43. The van der Waals surface area contributed by atoms with E-state index in [1.54, 1.807) is 0 Å². The van der Waals surface area contributed by atoms with Gasteiger partial charge in [0.2, 0.25) is 0 Å². The summed E-state index contributed by atoms with van der Waals surface area (Å²) in [5.41, 5.74) is 2.35. The van der Waals surface area contributed by atoms with Crippen molar-refractivity contribution in [1.82, 2.24) is 10.6 Å². The molecule has 1 rings (SSSR count).